The molecule has 0 heterocycles. The van der Waals surface area contributed by atoms with Gasteiger partial charge in [0.25, 0.3) is 5.91 Å². The van der Waals surface area contributed by atoms with Crippen molar-refractivity contribution in [1.29, 1.82) is 0 Å². The number of carbonyl (C=O) groups excluding carboxylic acids is 2. The molecule has 0 aliphatic rings. The van der Waals surface area contributed by atoms with Crippen LogP contribution in [-0.4, -0.2) is 36.9 Å². The van der Waals surface area contributed by atoms with Crippen LogP contribution in [0.3, 0.4) is 0 Å². The minimum absolute atomic E-state index is 0.0748. The Hall–Kier alpha value is -1.88. The third kappa shape index (κ3) is 4.06. The molecule has 110 valence electrons. The molecule has 0 saturated heterocycles. The van der Waals surface area contributed by atoms with Crippen molar-refractivity contribution in [3.8, 4) is 0 Å². The van der Waals surface area contributed by atoms with E-state index < -0.39 is 6.04 Å². The molecule has 0 unspecified atom stereocenters. The standard InChI is InChI=1S/C15H23N3O2/c1-15(2,3)12(16)13(19)17-11-8-6-10(7-9-11)14(20)18(4)5/h6-9,12H,16H2,1-5H3,(H,17,19)/t12-/m1/s1. The monoisotopic (exact) mass is 277 g/mol. The van der Waals surface area contributed by atoms with Crippen LogP contribution in [0.25, 0.3) is 0 Å². The zero-order valence-corrected chi connectivity index (χ0v) is 12.7. The summed E-state index contributed by atoms with van der Waals surface area (Å²) in [7, 11) is 3.39. The third-order valence-electron chi connectivity index (χ3n) is 3.02. The summed E-state index contributed by atoms with van der Waals surface area (Å²) in [6.07, 6.45) is 0. The molecule has 20 heavy (non-hydrogen) atoms. The summed E-state index contributed by atoms with van der Waals surface area (Å²) >= 11 is 0. The first kappa shape index (κ1) is 16.2. The molecule has 5 heteroatoms. The maximum Gasteiger partial charge on any atom is 0.253 e. The number of nitrogens with zero attached hydrogens (tertiary/aromatic N) is 1. The summed E-state index contributed by atoms with van der Waals surface area (Å²) in [5, 5.41) is 2.75. The summed E-state index contributed by atoms with van der Waals surface area (Å²) in [6.45, 7) is 5.74. The van der Waals surface area contributed by atoms with Crippen molar-refractivity contribution in [3.05, 3.63) is 29.8 Å². The maximum atomic E-state index is 12.0. The van der Waals surface area contributed by atoms with E-state index in [2.05, 4.69) is 5.32 Å². The molecule has 0 aliphatic carbocycles. The molecular weight excluding hydrogens is 254 g/mol. The summed E-state index contributed by atoms with van der Waals surface area (Å²) in [5.74, 6) is -0.307. The number of hydrogen-bond acceptors (Lipinski definition) is 3. The number of anilines is 1. The summed E-state index contributed by atoms with van der Waals surface area (Å²) < 4.78 is 0. The Morgan fingerprint density at radius 3 is 2.05 bits per heavy atom. The van der Waals surface area contributed by atoms with Crippen LogP contribution < -0.4 is 11.1 Å². The van der Waals surface area contributed by atoms with Crippen molar-refractivity contribution < 1.29 is 9.59 Å². The van der Waals surface area contributed by atoms with E-state index in [1.165, 1.54) is 4.90 Å². The van der Waals surface area contributed by atoms with Gasteiger partial charge in [0.15, 0.2) is 0 Å². The number of amides is 2. The first-order valence-electron chi connectivity index (χ1n) is 6.51. The second-order valence-electron chi connectivity index (χ2n) is 6.11. The predicted molar refractivity (Wildman–Crippen MR) is 80.5 cm³/mol. The van der Waals surface area contributed by atoms with Crippen molar-refractivity contribution in [2.45, 2.75) is 26.8 Å². The lowest BCUT2D eigenvalue weighted by Gasteiger charge is -2.25. The Morgan fingerprint density at radius 2 is 1.65 bits per heavy atom. The van der Waals surface area contributed by atoms with E-state index in [4.69, 9.17) is 5.73 Å². The lowest BCUT2D eigenvalue weighted by Crippen LogP contribution is -2.45. The molecule has 0 saturated carbocycles. The van der Waals surface area contributed by atoms with E-state index in [9.17, 15) is 9.59 Å². The molecule has 0 aliphatic heterocycles. The van der Waals surface area contributed by atoms with E-state index in [1.807, 2.05) is 20.8 Å². The van der Waals surface area contributed by atoms with Crippen LogP contribution in [0, 0.1) is 5.41 Å². The number of benzene rings is 1. The lowest BCUT2D eigenvalue weighted by molar-refractivity contribution is -0.119. The molecule has 0 fully saturated rings. The molecule has 0 radical (unpaired) electrons. The van der Waals surface area contributed by atoms with E-state index in [1.54, 1.807) is 38.4 Å². The minimum Gasteiger partial charge on any atom is -0.345 e. The number of rotatable bonds is 3. The fourth-order valence-electron chi connectivity index (χ4n) is 1.57. The molecule has 1 atom stereocenters. The highest BCUT2D eigenvalue weighted by Gasteiger charge is 2.27. The van der Waals surface area contributed by atoms with Crippen LogP contribution in [0.5, 0.6) is 0 Å². The van der Waals surface area contributed by atoms with Gasteiger partial charge in [-0.15, -0.1) is 0 Å². The number of hydrogen-bond donors (Lipinski definition) is 2. The lowest BCUT2D eigenvalue weighted by atomic mass is 9.87. The first-order chi connectivity index (χ1) is 9.12. The fraction of sp³-hybridized carbons (Fsp3) is 0.467. The number of nitrogens with two attached hydrogens (primary N) is 1. The molecule has 0 aromatic heterocycles. The van der Waals surface area contributed by atoms with Gasteiger partial charge in [0.2, 0.25) is 5.91 Å². The molecule has 1 aromatic rings. The number of nitrogens with one attached hydrogen (secondary N) is 1. The van der Waals surface area contributed by atoms with Gasteiger partial charge in [-0.3, -0.25) is 9.59 Å². The van der Waals surface area contributed by atoms with Crippen molar-refractivity contribution in [3.63, 3.8) is 0 Å². The molecule has 1 rings (SSSR count). The second kappa shape index (κ2) is 6.05. The molecule has 3 N–H and O–H groups in total. The smallest absolute Gasteiger partial charge is 0.253 e. The quantitative estimate of drug-likeness (QED) is 0.883. The summed E-state index contributed by atoms with van der Waals surface area (Å²) in [5.41, 5.74) is 6.79. The molecule has 1 aromatic carbocycles. The summed E-state index contributed by atoms with van der Waals surface area (Å²) in [4.78, 5) is 25.2. The van der Waals surface area contributed by atoms with Crippen LogP contribution in [0.1, 0.15) is 31.1 Å². The van der Waals surface area contributed by atoms with E-state index in [0.29, 0.717) is 11.3 Å². The van der Waals surface area contributed by atoms with Crippen molar-refractivity contribution in [2.75, 3.05) is 19.4 Å². The van der Waals surface area contributed by atoms with Gasteiger partial charge in [0, 0.05) is 25.3 Å². The molecule has 2 amide bonds. The minimum atomic E-state index is -0.592. The molecule has 0 spiro atoms. The predicted octanol–water partition coefficient (Wildman–Crippen LogP) is 1.70. The Balaban J connectivity index is 2.76. The van der Waals surface area contributed by atoms with Gasteiger partial charge < -0.3 is 16.0 Å². The highest BCUT2D eigenvalue weighted by molar-refractivity contribution is 5.97. The molecule has 5 nitrogen and oxygen atoms in total. The zero-order chi connectivity index (χ0) is 15.5. The van der Waals surface area contributed by atoms with Gasteiger partial charge in [0.1, 0.15) is 0 Å². The van der Waals surface area contributed by atoms with E-state index in [0.717, 1.165) is 0 Å². The van der Waals surface area contributed by atoms with Gasteiger partial charge in [-0.2, -0.15) is 0 Å². The van der Waals surface area contributed by atoms with Crippen molar-refractivity contribution in [1.82, 2.24) is 4.90 Å². The van der Waals surface area contributed by atoms with Gasteiger partial charge in [0.05, 0.1) is 6.04 Å². The van der Waals surface area contributed by atoms with E-state index >= 15 is 0 Å². The van der Waals surface area contributed by atoms with Crippen LogP contribution in [-0.2, 0) is 4.79 Å². The fourth-order valence-corrected chi connectivity index (χ4v) is 1.57. The van der Waals surface area contributed by atoms with Gasteiger partial charge in [-0.25, -0.2) is 0 Å². The largest absolute Gasteiger partial charge is 0.345 e. The SMILES string of the molecule is CN(C)C(=O)c1ccc(NC(=O)[C@@H](N)C(C)(C)C)cc1. The molecular formula is C15H23N3O2. The van der Waals surface area contributed by atoms with Crippen molar-refractivity contribution >= 4 is 17.5 Å². The number of carbonyl (C=O) groups is 2. The van der Waals surface area contributed by atoms with Crippen LogP contribution >= 0.6 is 0 Å². The zero-order valence-electron chi connectivity index (χ0n) is 12.7. The van der Waals surface area contributed by atoms with E-state index in [-0.39, 0.29) is 17.2 Å². The average Bonchev–Trinajstić information content (AvgIpc) is 2.36. The highest BCUT2D eigenvalue weighted by Crippen LogP contribution is 2.19. The Labute approximate surface area is 120 Å². The second-order valence-corrected chi connectivity index (χ2v) is 6.11. The Bertz CT molecular complexity index is 487. The average molecular weight is 277 g/mol. The third-order valence-corrected chi connectivity index (χ3v) is 3.02. The van der Waals surface area contributed by atoms with Crippen molar-refractivity contribution in [2.24, 2.45) is 11.1 Å². The van der Waals surface area contributed by atoms with Crippen LogP contribution in [0.2, 0.25) is 0 Å². The first-order valence-corrected chi connectivity index (χ1v) is 6.51. The topological polar surface area (TPSA) is 75.4 Å². The van der Waals surface area contributed by atoms with Gasteiger partial charge >= 0.3 is 0 Å². The normalized spacial score (nSPS) is 12.7. The summed E-state index contributed by atoms with van der Waals surface area (Å²) in [6, 6.07) is 6.17. The van der Waals surface area contributed by atoms with Crippen LogP contribution in [0.15, 0.2) is 24.3 Å². The van der Waals surface area contributed by atoms with Gasteiger partial charge in [-0.05, 0) is 29.7 Å². The Kier molecular flexibility index (Phi) is 4.89. The van der Waals surface area contributed by atoms with Crippen LogP contribution in [0.4, 0.5) is 5.69 Å². The van der Waals surface area contributed by atoms with Gasteiger partial charge in [-0.1, -0.05) is 20.8 Å². The highest BCUT2D eigenvalue weighted by atomic mass is 16.2. The molecule has 0 bridgehead atoms. The Morgan fingerprint density at radius 1 is 1.15 bits per heavy atom. The maximum absolute atomic E-state index is 12.0.